The summed E-state index contributed by atoms with van der Waals surface area (Å²) in [6.45, 7) is 5.08. The number of anilines is 1. The summed E-state index contributed by atoms with van der Waals surface area (Å²) >= 11 is 0. The molecule has 1 unspecified atom stereocenters. The zero-order chi connectivity index (χ0) is 16.0. The lowest BCUT2D eigenvalue weighted by Crippen LogP contribution is -2.46. The van der Waals surface area contributed by atoms with Gasteiger partial charge in [0.1, 0.15) is 6.04 Å². The first kappa shape index (κ1) is 16.7. The van der Waals surface area contributed by atoms with Crippen LogP contribution in [0, 0.1) is 5.92 Å². The lowest BCUT2D eigenvalue weighted by molar-refractivity contribution is -0.140. The van der Waals surface area contributed by atoms with Crippen molar-refractivity contribution in [2.45, 2.75) is 33.2 Å². The molecule has 1 aromatic rings. The maximum absolute atomic E-state index is 11.8. The normalized spacial score (nSPS) is 13.1. The van der Waals surface area contributed by atoms with Gasteiger partial charge >= 0.3 is 12.0 Å². The molecule has 0 saturated carbocycles. The predicted octanol–water partition coefficient (Wildman–Crippen LogP) is 2.51. The van der Waals surface area contributed by atoms with Crippen molar-refractivity contribution in [3.05, 3.63) is 29.8 Å². The third kappa shape index (κ3) is 4.91. The van der Waals surface area contributed by atoms with Gasteiger partial charge < -0.3 is 15.7 Å². The van der Waals surface area contributed by atoms with E-state index in [-0.39, 0.29) is 11.7 Å². The van der Waals surface area contributed by atoms with Crippen LogP contribution in [-0.4, -0.2) is 28.9 Å². The molecular formula is C15H20N2O4. The SMILES string of the molecule is CCC(C)[C@H](NC(=O)Nc1ccc(C(C)=O)cc1)C(=O)O. The minimum absolute atomic E-state index is 0.0614. The fourth-order valence-electron chi connectivity index (χ4n) is 1.78. The third-order valence-corrected chi connectivity index (χ3v) is 3.31. The zero-order valence-corrected chi connectivity index (χ0v) is 12.3. The first-order valence-electron chi connectivity index (χ1n) is 6.76. The molecule has 21 heavy (non-hydrogen) atoms. The number of carboxylic acids is 1. The average molecular weight is 292 g/mol. The van der Waals surface area contributed by atoms with Crippen LogP contribution in [0.15, 0.2) is 24.3 Å². The number of nitrogens with one attached hydrogen (secondary N) is 2. The average Bonchev–Trinajstić information content (AvgIpc) is 2.44. The van der Waals surface area contributed by atoms with Crippen molar-refractivity contribution < 1.29 is 19.5 Å². The third-order valence-electron chi connectivity index (χ3n) is 3.31. The Bertz CT molecular complexity index is 525. The molecule has 0 heterocycles. The van der Waals surface area contributed by atoms with Gasteiger partial charge in [0.15, 0.2) is 5.78 Å². The number of hydrogen-bond donors (Lipinski definition) is 3. The van der Waals surface area contributed by atoms with E-state index in [2.05, 4.69) is 10.6 Å². The lowest BCUT2D eigenvalue weighted by Gasteiger charge is -2.20. The summed E-state index contributed by atoms with van der Waals surface area (Å²) in [5, 5.41) is 14.1. The fourth-order valence-corrected chi connectivity index (χ4v) is 1.78. The van der Waals surface area contributed by atoms with Crippen LogP contribution in [0.3, 0.4) is 0 Å². The maximum atomic E-state index is 11.8. The van der Waals surface area contributed by atoms with Crippen LogP contribution in [-0.2, 0) is 4.79 Å². The molecule has 0 radical (unpaired) electrons. The Morgan fingerprint density at radius 3 is 2.19 bits per heavy atom. The number of hydrogen-bond acceptors (Lipinski definition) is 3. The number of rotatable bonds is 6. The second-order valence-corrected chi connectivity index (χ2v) is 4.93. The van der Waals surface area contributed by atoms with Crippen molar-refractivity contribution in [3.63, 3.8) is 0 Å². The molecule has 0 bridgehead atoms. The van der Waals surface area contributed by atoms with Gasteiger partial charge in [0.05, 0.1) is 0 Å². The van der Waals surface area contributed by atoms with Crippen LogP contribution in [0.4, 0.5) is 10.5 Å². The first-order chi connectivity index (χ1) is 9.85. The van der Waals surface area contributed by atoms with E-state index in [1.807, 2.05) is 6.92 Å². The first-order valence-corrected chi connectivity index (χ1v) is 6.76. The van der Waals surface area contributed by atoms with Crippen LogP contribution in [0.2, 0.25) is 0 Å². The topological polar surface area (TPSA) is 95.5 Å². The Morgan fingerprint density at radius 2 is 1.76 bits per heavy atom. The Morgan fingerprint density at radius 1 is 1.19 bits per heavy atom. The van der Waals surface area contributed by atoms with Gasteiger partial charge in [-0.3, -0.25) is 4.79 Å². The monoisotopic (exact) mass is 292 g/mol. The highest BCUT2D eigenvalue weighted by Crippen LogP contribution is 2.11. The van der Waals surface area contributed by atoms with E-state index in [1.165, 1.54) is 6.92 Å². The number of Topliss-reactive ketones (excluding diaryl/α,β-unsaturated/α-hetero) is 1. The minimum Gasteiger partial charge on any atom is -0.480 e. The molecule has 6 heteroatoms. The van der Waals surface area contributed by atoms with Crippen molar-refractivity contribution in [2.24, 2.45) is 5.92 Å². The van der Waals surface area contributed by atoms with Crippen molar-refractivity contribution in [1.29, 1.82) is 0 Å². The molecule has 0 aliphatic carbocycles. The summed E-state index contributed by atoms with van der Waals surface area (Å²) in [4.78, 5) is 34.1. The minimum atomic E-state index is -1.06. The standard InChI is InChI=1S/C15H20N2O4/c1-4-9(2)13(14(19)20)17-15(21)16-12-7-5-11(6-8-12)10(3)18/h5-9,13H,4H2,1-3H3,(H,19,20)(H2,16,17,21)/t9?,13-/m0/s1. The van der Waals surface area contributed by atoms with Crippen LogP contribution in [0.1, 0.15) is 37.6 Å². The number of aliphatic carboxylic acids is 1. The summed E-state index contributed by atoms with van der Waals surface area (Å²) < 4.78 is 0. The van der Waals surface area contributed by atoms with Crippen LogP contribution < -0.4 is 10.6 Å². The van der Waals surface area contributed by atoms with Gasteiger partial charge in [-0.25, -0.2) is 9.59 Å². The predicted molar refractivity (Wildman–Crippen MR) is 79.5 cm³/mol. The molecule has 0 fully saturated rings. The number of urea groups is 1. The van der Waals surface area contributed by atoms with Gasteiger partial charge in [-0.1, -0.05) is 20.3 Å². The molecule has 3 N–H and O–H groups in total. The number of carbonyl (C=O) groups is 3. The molecule has 0 aromatic heterocycles. The van der Waals surface area contributed by atoms with Gasteiger partial charge in [-0.05, 0) is 37.1 Å². The van der Waals surface area contributed by atoms with Crippen molar-refractivity contribution in [2.75, 3.05) is 5.32 Å². The van der Waals surface area contributed by atoms with E-state index in [4.69, 9.17) is 5.11 Å². The van der Waals surface area contributed by atoms with Gasteiger partial charge in [-0.15, -0.1) is 0 Å². The van der Waals surface area contributed by atoms with Crippen molar-refractivity contribution in [1.82, 2.24) is 5.32 Å². The summed E-state index contributed by atoms with van der Waals surface area (Å²) in [6.07, 6.45) is 0.643. The highest BCUT2D eigenvalue weighted by atomic mass is 16.4. The summed E-state index contributed by atoms with van der Waals surface area (Å²) in [7, 11) is 0. The number of ketones is 1. The van der Waals surface area contributed by atoms with E-state index >= 15 is 0 Å². The molecule has 0 saturated heterocycles. The number of carbonyl (C=O) groups excluding carboxylic acids is 2. The molecular weight excluding hydrogens is 272 g/mol. The molecule has 2 atom stereocenters. The zero-order valence-electron chi connectivity index (χ0n) is 12.3. The quantitative estimate of drug-likeness (QED) is 0.702. The second-order valence-electron chi connectivity index (χ2n) is 4.93. The lowest BCUT2D eigenvalue weighted by atomic mass is 9.99. The van der Waals surface area contributed by atoms with E-state index in [9.17, 15) is 14.4 Å². The summed E-state index contributed by atoms with van der Waals surface area (Å²) in [5.41, 5.74) is 1.04. The highest BCUT2D eigenvalue weighted by Gasteiger charge is 2.25. The van der Waals surface area contributed by atoms with Gasteiger partial charge in [0.2, 0.25) is 0 Å². The van der Waals surface area contributed by atoms with E-state index in [0.717, 1.165) is 0 Å². The molecule has 0 aliphatic rings. The second kappa shape index (κ2) is 7.42. The van der Waals surface area contributed by atoms with Gasteiger partial charge in [-0.2, -0.15) is 0 Å². The summed E-state index contributed by atoms with van der Waals surface area (Å²) in [6, 6.07) is 4.86. The molecule has 0 spiro atoms. The van der Waals surface area contributed by atoms with Crippen molar-refractivity contribution in [3.8, 4) is 0 Å². The smallest absolute Gasteiger partial charge is 0.326 e. The molecule has 1 aromatic carbocycles. The maximum Gasteiger partial charge on any atom is 0.326 e. The van der Waals surface area contributed by atoms with E-state index < -0.39 is 18.0 Å². The van der Waals surface area contributed by atoms with Crippen LogP contribution >= 0.6 is 0 Å². The summed E-state index contributed by atoms with van der Waals surface area (Å²) in [5.74, 6) is -1.30. The molecule has 114 valence electrons. The van der Waals surface area contributed by atoms with Crippen molar-refractivity contribution >= 4 is 23.5 Å². The molecule has 1 rings (SSSR count). The Balaban J connectivity index is 2.67. The van der Waals surface area contributed by atoms with Crippen LogP contribution in [0.25, 0.3) is 0 Å². The van der Waals surface area contributed by atoms with E-state index in [0.29, 0.717) is 17.7 Å². The van der Waals surface area contributed by atoms with Gasteiger partial charge in [0.25, 0.3) is 0 Å². The van der Waals surface area contributed by atoms with Crippen LogP contribution in [0.5, 0.6) is 0 Å². The number of carboxylic acid groups (broad SMARTS) is 1. The fraction of sp³-hybridized carbons (Fsp3) is 0.400. The Labute approximate surface area is 123 Å². The molecule has 0 aliphatic heterocycles. The number of benzene rings is 1. The Hall–Kier alpha value is -2.37. The van der Waals surface area contributed by atoms with E-state index in [1.54, 1.807) is 31.2 Å². The molecule has 6 nitrogen and oxygen atoms in total. The number of amides is 2. The highest BCUT2D eigenvalue weighted by molar-refractivity contribution is 5.96. The molecule has 2 amide bonds. The largest absolute Gasteiger partial charge is 0.480 e. The Kier molecular flexibility index (Phi) is 5.90. The van der Waals surface area contributed by atoms with Gasteiger partial charge in [0, 0.05) is 11.3 Å².